The van der Waals surface area contributed by atoms with Crippen LogP contribution in [0, 0.1) is 17.6 Å². The zero-order valence-electron chi connectivity index (χ0n) is 12.5. The summed E-state index contributed by atoms with van der Waals surface area (Å²) in [5, 5.41) is 10.7. The maximum Gasteiger partial charge on any atom is 0.165 e. The average Bonchev–Trinajstić information content (AvgIpc) is 2.41. The SMILES string of the molecule is CC(C)Cc1cccc(C(C)(O)c2cccc(F)c2F)c1. The van der Waals surface area contributed by atoms with E-state index in [0.29, 0.717) is 11.5 Å². The number of hydrogen-bond donors (Lipinski definition) is 1. The molecule has 0 spiro atoms. The van der Waals surface area contributed by atoms with Crippen LogP contribution in [0.15, 0.2) is 42.5 Å². The molecule has 21 heavy (non-hydrogen) atoms. The Labute approximate surface area is 124 Å². The van der Waals surface area contributed by atoms with Gasteiger partial charge in [-0.15, -0.1) is 0 Å². The van der Waals surface area contributed by atoms with E-state index in [1.807, 2.05) is 18.2 Å². The molecule has 0 saturated heterocycles. The number of hydrogen-bond acceptors (Lipinski definition) is 1. The second-order valence-electron chi connectivity index (χ2n) is 5.97. The van der Waals surface area contributed by atoms with Crippen molar-refractivity contribution in [1.29, 1.82) is 0 Å². The smallest absolute Gasteiger partial charge is 0.165 e. The van der Waals surface area contributed by atoms with Crippen molar-refractivity contribution in [3.8, 4) is 0 Å². The molecule has 1 atom stereocenters. The fraction of sp³-hybridized carbons (Fsp3) is 0.333. The first kappa shape index (κ1) is 15.6. The van der Waals surface area contributed by atoms with E-state index >= 15 is 0 Å². The molecule has 0 aliphatic heterocycles. The zero-order valence-corrected chi connectivity index (χ0v) is 12.5. The molecule has 0 aliphatic rings. The van der Waals surface area contributed by atoms with Crippen molar-refractivity contribution in [1.82, 2.24) is 0 Å². The molecule has 0 aliphatic carbocycles. The summed E-state index contributed by atoms with van der Waals surface area (Å²) >= 11 is 0. The van der Waals surface area contributed by atoms with Gasteiger partial charge in [0.2, 0.25) is 0 Å². The van der Waals surface area contributed by atoms with Crippen LogP contribution >= 0.6 is 0 Å². The van der Waals surface area contributed by atoms with Gasteiger partial charge in [-0.2, -0.15) is 0 Å². The molecule has 0 fully saturated rings. The summed E-state index contributed by atoms with van der Waals surface area (Å²) in [6.45, 7) is 5.70. The maximum atomic E-state index is 14.0. The van der Waals surface area contributed by atoms with E-state index in [4.69, 9.17) is 0 Å². The van der Waals surface area contributed by atoms with Gasteiger partial charge in [0.1, 0.15) is 5.60 Å². The molecule has 2 aromatic carbocycles. The minimum atomic E-state index is -1.57. The van der Waals surface area contributed by atoms with Gasteiger partial charge < -0.3 is 5.11 Å². The maximum absolute atomic E-state index is 14.0. The molecular weight excluding hydrogens is 270 g/mol. The van der Waals surface area contributed by atoms with Gasteiger partial charge in [-0.05, 0) is 36.5 Å². The van der Waals surface area contributed by atoms with Gasteiger partial charge in [-0.3, -0.25) is 0 Å². The summed E-state index contributed by atoms with van der Waals surface area (Å²) in [7, 11) is 0. The molecule has 0 bridgehead atoms. The molecule has 0 saturated carbocycles. The monoisotopic (exact) mass is 290 g/mol. The lowest BCUT2D eigenvalue weighted by molar-refractivity contribution is 0.0969. The Kier molecular flexibility index (Phi) is 4.43. The van der Waals surface area contributed by atoms with Gasteiger partial charge in [0.05, 0.1) is 0 Å². The van der Waals surface area contributed by atoms with Gasteiger partial charge in [0.25, 0.3) is 0 Å². The van der Waals surface area contributed by atoms with E-state index in [9.17, 15) is 13.9 Å². The fourth-order valence-corrected chi connectivity index (χ4v) is 2.51. The summed E-state index contributed by atoms with van der Waals surface area (Å²) < 4.78 is 27.3. The molecule has 0 radical (unpaired) electrons. The van der Waals surface area contributed by atoms with Crippen molar-refractivity contribution in [2.45, 2.75) is 32.8 Å². The first-order valence-electron chi connectivity index (χ1n) is 7.08. The van der Waals surface area contributed by atoms with Crippen LogP contribution in [0.2, 0.25) is 0 Å². The van der Waals surface area contributed by atoms with Crippen molar-refractivity contribution in [3.63, 3.8) is 0 Å². The topological polar surface area (TPSA) is 20.2 Å². The lowest BCUT2D eigenvalue weighted by atomic mass is 9.86. The summed E-state index contributed by atoms with van der Waals surface area (Å²) in [4.78, 5) is 0. The van der Waals surface area contributed by atoms with E-state index in [1.165, 1.54) is 19.1 Å². The molecule has 2 aromatic rings. The van der Waals surface area contributed by atoms with Crippen LogP contribution in [0.4, 0.5) is 8.78 Å². The summed E-state index contributed by atoms with van der Waals surface area (Å²) in [6, 6.07) is 11.2. The third-order valence-electron chi connectivity index (χ3n) is 3.61. The largest absolute Gasteiger partial charge is 0.381 e. The standard InChI is InChI=1S/C18H20F2O/c1-12(2)10-13-6-4-7-14(11-13)18(3,21)15-8-5-9-16(19)17(15)20/h4-9,11-12,21H,10H2,1-3H3. The number of halogens is 2. The minimum Gasteiger partial charge on any atom is -0.381 e. The first-order valence-corrected chi connectivity index (χ1v) is 7.08. The van der Waals surface area contributed by atoms with Gasteiger partial charge in [-0.25, -0.2) is 8.78 Å². The Bertz CT molecular complexity index is 633. The summed E-state index contributed by atoms with van der Waals surface area (Å²) in [5.74, 6) is -1.47. The molecule has 0 amide bonds. The predicted octanol–water partition coefficient (Wildman–Crippen LogP) is 4.42. The highest BCUT2D eigenvalue weighted by Crippen LogP contribution is 2.32. The molecule has 3 heteroatoms. The quantitative estimate of drug-likeness (QED) is 0.883. The molecule has 2 rings (SSSR count). The lowest BCUT2D eigenvalue weighted by Gasteiger charge is -2.26. The second-order valence-corrected chi connectivity index (χ2v) is 5.97. The van der Waals surface area contributed by atoms with Crippen LogP contribution in [-0.4, -0.2) is 5.11 Å². The van der Waals surface area contributed by atoms with Gasteiger partial charge >= 0.3 is 0 Å². The Morgan fingerprint density at radius 2 is 1.76 bits per heavy atom. The number of benzene rings is 2. The first-order chi connectivity index (χ1) is 9.82. The van der Waals surface area contributed by atoms with Crippen molar-refractivity contribution in [3.05, 3.63) is 70.8 Å². The Morgan fingerprint density at radius 1 is 1.10 bits per heavy atom. The summed E-state index contributed by atoms with van der Waals surface area (Å²) in [5.41, 5.74) is 0.00745. The normalized spacial score (nSPS) is 14.2. The van der Waals surface area contributed by atoms with E-state index in [-0.39, 0.29) is 5.56 Å². The molecule has 1 nitrogen and oxygen atoms in total. The highest BCUT2D eigenvalue weighted by atomic mass is 19.2. The molecular formula is C18H20F2O. The highest BCUT2D eigenvalue weighted by Gasteiger charge is 2.30. The Morgan fingerprint density at radius 3 is 2.43 bits per heavy atom. The van der Waals surface area contributed by atoms with E-state index in [1.54, 1.807) is 6.07 Å². The van der Waals surface area contributed by atoms with Crippen LogP contribution in [0.3, 0.4) is 0 Å². The van der Waals surface area contributed by atoms with Crippen LogP contribution < -0.4 is 0 Å². The third kappa shape index (κ3) is 3.30. The number of aliphatic hydroxyl groups is 1. The second kappa shape index (κ2) is 5.94. The zero-order chi connectivity index (χ0) is 15.6. The van der Waals surface area contributed by atoms with E-state index in [0.717, 1.165) is 18.1 Å². The van der Waals surface area contributed by atoms with Crippen LogP contribution in [0.25, 0.3) is 0 Å². The van der Waals surface area contributed by atoms with Crippen LogP contribution in [0.5, 0.6) is 0 Å². The van der Waals surface area contributed by atoms with Crippen molar-refractivity contribution >= 4 is 0 Å². The van der Waals surface area contributed by atoms with Crippen molar-refractivity contribution < 1.29 is 13.9 Å². The highest BCUT2D eigenvalue weighted by molar-refractivity contribution is 5.38. The molecule has 1 N–H and O–H groups in total. The Hall–Kier alpha value is -1.74. The molecule has 112 valence electrons. The average molecular weight is 290 g/mol. The summed E-state index contributed by atoms with van der Waals surface area (Å²) in [6.07, 6.45) is 0.871. The lowest BCUT2D eigenvalue weighted by Crippen LogP contribution is -2.25. The molecule has 0 heterocycles. The van der Waals surface area contributed by atoms with Crippen LogP contribution in [0.1, 0.15) is 37.5 Å². The fourth-order valence-electron chi connectivity index (χ4n) is 2.51. The number of rotatable bonds is 4. The predicted molar refractivity (Wildman–Crippen MR) is 80.0 cm³/mol. The van der Waals surface area contributed by atoms with Crippen LogP contribution in [-0.2, 0) is 12.0 Å². The van der Waals surface area contributed by atoms with Crippen molar-refractivity contribution in [2.75, 3.05) is 0 Å². The molecule has 0 aromatic heterocycles. The van der Waals surface area contributed by atoms with Gasteiger partial charge in [0, 0.05) is 5.56 Å². The van der Waals surface area contributed by atoms with Gasteiger partial charge in [0.15, 0.2) is 11.6 Å². The van der Waals surface area contributed by atoms with Crippen molar-refractivity contribution in [2.24, 2.45) is 5.92 Å². The van der Waals surface area contributed by atoms with E-state index in [2.05, 4.69) is 13.8 Å². The Balaban J connectivity index is 2.46. The minimum absolute atomic E-state index is 0.0517. The third-order valence-corrected chi connectivity index (χ3v) is 3.61. The van der Waals surface area contributed by atoms with Gasteiger partial charge in [-0.1, -0.05) is 50.2 Å². The molecule has 1 unspecified atom stereocenters. The van der Waals surface area contributed by atoms with E-state index < -0.39 is 17.2 Å².